The van der Waals surface area contributed by atoms with E-state index in [1.807, 2.05) is 23.4 Å². The summed E-state index contributed by atoms with van der Waals surface area (Å²) in [6.07, 6.45) is 1.75. The molecular weight excluding hydrogens is 363 g/mol. The Kier molecular flexibility index (Phi) is 6.80. The molecule has 1 amide bonds. The number of alkyl halides is 3. The topological polar surface area (TPSA) is 73.7 Å². The second kappa shape index (κ2) is 8.69. The average molecular weight is 387 g/mol. The molecule has 2 aliphatic rings. The smallest absolute Gasteiger partial charge is 0.475 e. The van der Waals surface area contributed by atoms with Crippen LogP contribution in [0.2, 0.25) is 0 Å². The second-order valence-corrected chi connectivity index (χ2v) is 6.86. The number of rotatable bonds is 3. The van der Waals surface area contributed by atoms with Crippen molar-refractivity contribution in [3.8, 4) is 0 Å². The molecule has 27 heavy (non-hydrogen) atoms. The molecule has 3 heterocycles. The van der Waals surface area contributed by atoms with Gasteiger partial charge in [0.05, 0.1) is 5.41 Å². The number of halogens is 3. The number of aliphatic carboxylic acids is 1. The fourth-order valence-corrected chi connectivity index (χ4v) is 3.55. The molecule has 1 N–H and O–H groups in total. The van der Waals surface area contributed by atoms with Crippen molar-refractivity contribution in [1.29, 1.82) is 0 Å². The van der Waals surface area contributed by atoms with E-state index in [0.29, 0.717) is 5.91 Å². The molecule has 2 saturated heterocycles. The molecule has 0 aromatic carbocycles. The van der Waals surface area contributed by atoms with Gasteiger partial charge in [-0.05, 0) is 50.9 Å². The number of likely N-dealkylation sites (tertiary alicyclic amines) is 2. The minimum atomic E-state index is -5.08. The van der Waals surface area contributed by atoms with Crippen molar-refractivity contribution in [1.82, 2.24) is 14.8 Å². The van der Waals surface area contributed by atoms with E-state index in [-0.39, 0.29) is 5.41 Å². The standard InChI is InChI=1S/C16H23N3O.C2HF3O2/c1-2-19-11-7-16(15(19)20)5-9-18(10-6-16)13-14-4-3-8-17-12-14;3-2(4,5)1(6)7/h3-4,8,12H,2,5-7,9-11,13H2,1H3;(H,6,7). The summed E-state index contributed by atoms with van der Waals surface area (Å²) in [4.78, 5) is 30.0. The van der Waals surface area contributed by atoms with Crippen LogP contribution in [0, 0.1) is 5.41 Å². The summed E-state index contributed by atoms with van der Waals surface area (Å²) < 4.78 is 31.7. The van der Waals surface area contributed by atoms with Crippen molar-refractivity contribution >= 4 is 11.9 Å². The molecule has 0 aliphatic carbocycles. The molecule has 6 nitrogen and oxygen atoms in total. The lowest BCUT2D eigenvalue weighted by molar-refractivity contribution is -0.192. The van der Waals surface area contributed by atoms with E-state index < -0.39 is 12.1 Å². The number of piperidine rings is 1. The highest BCUT2D eigenvalue weighted by Gasteiger charge is 2.47. The van der Waals surface area contributed by atoms with Crippen molar-refractivity contribution in [2.45, 2.75) is 38.9 Å². The largest absolute Gasteiger partial charge is 0.490 e. The van der Waals surface area contributed by atoms with Crippen LogP contribution in [0.15, 0.2) is 24.5 Å². The van der Waals surface area contributed by atoms with Crippen molar-refractivity contribution in [2.75, 3.05) is 26.2 Å². The molecule has 0 radical (unpaired) electrons. The molecule has 0 bridgehead atoms. The second-order valence-electron chi connectivity index (χ2n) is 6.86. The zero-order valence-electron chi connectivity index (χ0n) is 15.2. The van der Waals surface area contributed by atoms with E-state index in [1.54, 1.807) is 0 Å². The van der Waals surface area contributed by atoms with Gasteiger partial charge in [-0.15, -0.1) is 0 Å². The van der Waals surface area contributed by atoms with Crippen LogP contribution < -0.4 is 0 Å². The summed E-state index contributed by atoms with van der Waals surface area (Å²) in [5.74, 6) is -2.35. The third-order valence-corrected chi connectivity index (χ3v) is 5.17. The molecule has 3 rings (SSSR count). The fourth-order valence-electron chi connectivity index (χ4n) is 3.55. The number of pyridine rings is 1. The van der Waals surface area contributed by atoms with Crippen LogP contribution in [0.1, 0.15) is 31.7 Å². The predicted octanol–water partition coefficient (Wildman–Crippen LogP) is 2.55. The summed E-state index contributed by atoms with van der Waals surface area (Å²) in [6, 6.07) is 4.11. The Balaban J connectivity index is 0.000000321. The Labute approximate surface area is 156 Å². The molecule has 2 aliphatic heterocycles. The van der Waals surface area contributed by atoms with E-state index in [2.05, 4.69) is 22.9 Å². The Bertz CT molecular complexity index is 644. The van der Waals surface area contributed by atoms with Gasteiger partial charge >= 0.3 is 12.1 Å². The number of hydrogen-bond donors (Lipinski definition) is 1. The molecule has 9 heteroatoms. The minimum absolute atomic E-state index is 0.0402. The van der Waals surface area contributed by atoms with Gasteiger partial charge in [-0.2, -0.15) is 13.2 Å². The molecule has 1 aromatic heterocycles. The molecule has 0 atom stereocenters. The van der Waals surface area contributed by atoms with Gasteiger partial charge in [0.1, 0.15) is 0 Å². The first-order valence-corrected chi connectivity index (χ1v) is 8.89. The molecule has 150 valence electrons. The van der Waals surface area contributed by atoms with E-state index in [9.17, 15) is 18.0 Å². The van der Waals surface area contributed by atoms with Crippen LogP contribution in [0.4, 0.5) is 13.2 Å². The molecule has 0 unspecified atom stereocenters. The van der Waals surface area contributed by atoms with Crippen LogP contribution >= 0.6 is 0 Å². The quantitative estimate of drug-likeness (QED) is 0.863. The van der Waals surface area contributed by atoms with Gasteiger partial charge in [-0.1, -0.05) is 6.07 Å². The Hall–Kier alpha value is -2.16. The summed E-state index contributed by atoms with van der Waals surface area (Å²) in [7, 11) is 0. The number of hydrogen-bond acceptors (Lipinski definition) is 4. The molecule has 1 aromatic rings. The highest BCUT2D eigenvalue weighted by atomic mass is 19.4. The number of nitrogens with zero attached hydrogens (tertiary/aromatic N) is 3. The van der Waals surface area contributed by atoms with Gasteiger partial charge < -0.3 is 10.0 Å². The maximum Gasteiger partial charge on any atom is 0.490 e. The van der Waals surface area contributed by atoms with Gasteiger partial charge in [0.2, 0.25) is 5.91 Å². The predicted molar refractivity (Wildman–Crippen MR) is 91.7 cm³/mol. The highest BCUT2D eigenvalue weighted by molar-refractivity contribution is 5.85. The third-order valence-electron chi connectivity index (χ3n) is 5.17. The fraction of sp³-hybridized carbons (Fsp3) is 0.611. The Morgan fingerprint density at radius 2 is 1.85 bits per heavy atom. The van der Waals surface area contributed by atoms with E-state index in [1.165, 1.54) is 5.56 Å². The minimum Gasteiger partial charge on any atom is -0.475 e. The lowest BCUT2D eigenvalue weighted by Crippen LogP contribution is -2.44. The molecule has 1 spiro atoms. The van der Waals surface area contributed by atoms with E-state index in [4.69, 9.17) is 9.90 Å². The van der Waals surface area contributed by atoms with Crippen molar-refractivity contribution in [2.24, 2.45) is 5.41 Å². The number of carboxylic acids is 1. The van der Waals surface area contributed by atoms with Crippen LogP contribution in [-0.2, 0) is 16.1 Å². The monoisotopic (exact) mass is 387 g/mol. The summed E-state index contributed by atoms with van der Waals surface area (Å²) >= 11 is 0. The number of carbonyl (C=O) groups excluding carboxylic acids is 1. The summed E-state index contributed by atoms with van der Waals surface area (Å²) in [5.41, 5.74) is 1.22. The van der Waals surface area contributed by atoms with Crippen molar-refractivity contribution in [3.05, 3.63) is 30.1 Å². The first-order chi connectivity index (χ1) is 12.7. The first kappa shape index (κ1) is 21.1. The lowest BCUT2D eigenvalue weighted by Gasteiger charge is -2.37. The van der Waals surface area contributed by atoms with Crippen LogP contribution in [0.3, 0.4) is 0 Å². The zero-order chi connectivity index (χ0) is 20.1. The zero-order valence-corrected chi connectivity index (χ0v) is 15.2. The Morgan fingerprint density at radius 1 is 1.26 bits per heavy atom. The number of amides is 1. The maximum atomic E-state index is 12.5. The molecular formula is C18H24F3N3O3. The van der Waals surface area contributed by atoms with Gasteiger partial charge in [0.25, 0.3) is 0 Å². The van der Waals surface area contributed by atoms with E-state index >= 15 is 0 Å². The average Bonchev–Trinajstić information content (AvgIpc) is 2.93. The SMILES string of the molecule is CCN1CCC2(CCN(Cc3cccnc3)CC2)C1=O.O=C(O)C(F)(F)F. The highest BCUT2D eigenvalue weighted by Crippen LogP contribution is 2.41. The number of carboxylic acid groups (broad SMARTS) is 1. The molecule has 2 fully saturated rings. The Morgan fingerprint density at radius 3 is 2.30 bits per heavy atom. The van der Waals surface area contributed by atoms with E-state index in [0.717, 1.165) is 52.0 Å². The van der Waals surface area contributed by atoms with Crippen molar-refractivity contribution < 1.29 is 27.9 Å². The van der Waals surface area contributed by atoms with Crippen molar-refractivity contribution in [3.63, 3.8) is 0 Å². The third kappa shape index (κ3) is 5.41. The maximum absolute atomic E-state index is 12.5. The molecule has 0 saturated carbocycles. The number of carbonyl (C=O) groups is 2. The number of aromatic nitrogens is 1. The normalized spacial score (nSPS) is 19.7. The first-order valence-electron chi connectivity index (χ1n) is 8.89. The van der Waals surface area contributed by atoms with Gasteiger partial charge in [0, 0.05) is 32.0 Å². The summed E-state index contributed by atoms with van der Waals surface area (Å²) in [6.45, 7) is 6.90. The lowest BCUT2D eigenvalue weighted by atomic mass is 9.77. The van der Waals surface area contributed by atoms with Gasteiger partial charge in [-0.3, -0.25) is 14.7 Å². The van der Waals surface area contributed by atoms with Crippen LogP contribution in [0.25, 0.3) is 0 Å². The van der Waals surface area contributed by atoms with Crippen LogP contribution in [0.5, 0.6) is 0 Å². The van der Waals surface area contributed by atoms with Gasteiger partial charge in [0.15, 0.2) is 0 Å². The van der Waals surface area contributed by atoms with Crippen LogP contribution in [-0.4, -0.2) is 64.1 Å². The van der Waals surface area contributed by atoms with Gasteiger partial charge in [-0.25, -0.2) is 4.79 Å². The summed E-state index contributed by atoms with van der Waals surface area (Å²) in [5, 5.41) is 7.12.